The minimum Gasteiger partial charge on any atom is -0.486 e. The van der Waals surface area contributed by atoms with Gasteiger partial charge < -0.3 is 14.6 Å². The number of hydrazine groups is 1. The second-order valence-corrected chi connectivity index (χ2v) is 14.8. The molecule has 1 fully saturated rings. The number of sulfonamides is 1. The number of ether oxygens (including phenoxy) is 2. The molecule has 4 rings (SSSR count). The Hall–Kier alpha value is -3.19. The third-order valence-electron chi connectivity index (χ3n) is 8.47. The van der Waals surface area contributed by atoms with E-state index in [0.29, 0.717) is 24.7 Å². The number of nitrogens with zero attached hydrogens (tertiary/aromatic N) is 3. The molecule has 2 N–H and O–H groups in total. The largest absolute Gasteiger partial charge is 0.486 e. The lowest BCUT2D eigenvalue weighted by Crippen LogP contribution is -2.60. The third-order valence-corrected chi connectivity index (χ3v) is 10.3. The Morgan fingerprint density at radius 1 is 0.978 bits per heavy atom. The molecule has 2 aromatic carbocycles. The van der Waals surface area contributed by atoms with Gasteiger partial charge in [0.25, 0.3) is 5.91 Å². The van der Waals surface area contributed by atoms with Gasteiger partial charge in [-0.15, -0.1) is 0 Å². The average Bonchev–Trinajstić information content (AvgIpc) is 3.55. The molecule has 2 heterocycles. The average molecular weight is 659 g/mol. The second kappa shape index (κ2) is 16.6. The predicted octanol–water partition coefficient (Wildman–Crippen LogP) is 3.47. The summed E-state index contributed by atoms with van der Waals surface area (Å²) in [4.78, 5) is 29.3. The molecule has 0 aromatic heterocycles. The number of fused-ring (bicyclic) bond motifs is 1. The fourth-order valence-electron chi connectivity index (χ4n) is 5.78. The summed E-state index contributed by atoms with van der Waals surface area (Å²) in [6.07, 6.45) is 1.84. The molecule has 0 spiro atoms. The number of nitrogens with one attached hydrogen (secondary N) is 1. The Morgan fingerprint density at radius 2 is 1.65 bits per heavy atom. The van der Waals surface area contributed by atoms with Crippen LogP contribution in [0, 0.1) is 11.8 Å². The zero-order chi connectivity index (χ0) is 33.3. The van der Waals surface area contributed by atoms with E-state index in [2.05, 4.69) is 5.43 Å². The lowest BCUT2D eigenvalue weighted by atomic mass is 9.98. The van der Waals surface area contributed by atoms with Crippen LogP contribution in [0.1, 0.15) is 58.9 Å². The van der Waals surface area contributed by atoms with Gasteiger partial charge in [-0.25, -0.2) is 13.4 Å². The molecule has 12 heteroatoms. The number of likely N-dealkylation sites (tertiary alicyclic amines) is 1. The van der Waals surface area contributed by atoms with Crippen LogP contribution in [0.4, 0.5) is 0 Å². The van der Waals surface area contributed by atoms with Gasteiger partial charge in [0.15, 0.2) is 11.5 Å². The Labute approximate surface area is 273 Å². The Bertz CT molecular complexity index is 1400. The van der Waals surface area contributed by atoms with E-state index >= 15 is 0 Å². The second-order valence-electron chi connectivity index (χ2n) is 12.8. The van der Waals surface area contributed by atoms with Crippen LogP contribution < -0.4 is 14.9 Å². The molecule has 0 saturated carbocycles. The van der Waals surface area contributed by atoms with E-state index in [-0.39, 0.29) is 61.0 Å². The van der Waals surface area contributed by atoms with E-state index in [9.17, 15) is 23.1 Å². The molecule has 0 bridgehead atoms. The van der Waals surface area contributed by atoms with Crippen molar-refractivity contribution in [1.82, 2.24) is 19.6 Å². The van der Waals surface area contributed by atoms with Gasteiger partial charge in [-0.3, -0.25) is 19.9 Å². The Kier molecular flexibility index (Phi) is 12.9. The van der Waals surface area contributed by atoms with Crippen molar-refractivity contribution < 1.29 is 32.6 Å². The highest BCUT2D eigenvalue weighted by molar-refractivity contribution is 7.89. The number of benzene rings is 2. The first-order chi connectivity index (χ1) is 22.0. The molecule has 0 aliphatic carbocycles. The molecule has 2 aliphatic rings. The summed E-state index contributed by atoms with van der Waals surface area (Å²) in [5, 5.41) is 13.2. The molecule has 1 saturated heterocycles. The molecule has 1 unspecified atom stereocenters. The van der Waals surface area contributed by atoms with Crippen molar-refractivity contribution in [3.05, 3.63) is 54.1 Å². The van der Waals surface area contributed by atoms with Gasteiger partial charge in [0, 0.05) is 25.6 Å². The maximum absolute atomic E-state index is 14.1. The molecule has 2 aromatic rings. The molecular weight excluding hydrogens is 608 g/mol. The van der Waals surface area contributed by atoms with Gasteiger partial charge in [-0.05, 0) is 61.9 Å². The number of aliphatic hydroxyl groups is 1. The van der Waals surface area contributed by atoms with E-state index in [4.69, 9.17) is 9.47 Å². The minimum atomic E-state index is -4.10. The summed E-state index contributed by atoms with van der Waals surface area (Å²) in [5.41, 5.74) is 3.68. The van der Waals surface area contributed by atoms with Gasteiger partial charge in [0.1, 0.15) is 13.2 Å². The number of aliphatic hydroxyl groups excluding tert-OH is 1. The van der Waals surface area contributed by atoms with E-state index in [1.54, 1.807) is 6.07 Å². The summed E-state index contributed by atoms with van der Waals surface area (Å²) in [7, 11) is -4.10. The molecule has 46 heavy (non-hydrogen) atoms. The minimum absolute atomic E-state index is 0.0211. The third kappa shape index (κ3) is 9.66. The van der Waals surface area contributed by atoms with Crippen LogP contribution in [0.2, 0.25) is 0 Å². The predicted molar refractivity (Wildman–Crippen MR) is 176 cm³/mol. The van der Waals surface area contributed by atoms with E-state index in [1.165, 1.54) is 21.4 Å². The lowest BCUT2D eigenvalue weighted by molar-refractivity contribution is -0.149. The van der Waals surface area contributed by atoms with Crippen LogP contribution >= 0.6 is 0 Å². The van der Waals surface area contributed by atoms with Crippen LogP contribution in [0.25, 0.3) is 0 Å². The molecule has 3 atom stereocenters. The summed E-state index contributed by atoms with van der Waals surface area (Å²) in [6.45, 7) is 10.1. The highest BCUT2D eigenvalue weighted by Crippen LogP contribution is 2.33. The first-order valence-electron chi connectivity index (χ1n) is 16.4. The number of carbonyl (C=O) groups is 2. The number of amides is 2. The number of hydrogen-bond acceptors (Lipinski definition) is 8. The van der Waals surface area contributed by atoms with Gasteiger partial charge in [-0.1, -0.05) is 64.4 Å². The summed E-state index contributed by atoms with van der Waals surface area (Å²) >= 11 is 0. The van der Waals surface area contributed by atoms with Crippen LogP contribution in [0.3, 0.4) is 0 Å². The van der Waals surface area contributed by atoms with Crippen molar-refractivity contribution in [1.29, 1.82) is 0 Å². The monoisotopic (exact) mass is 658 g/mol. The molecule has 0 radical (unpaired) electrons. The fraction of sp³-hybridized carbons (Fsp3) is 0.588. The number of carbonyl (C=O) groups excluding carboxylic acids is 2. The maximum atomic E-state index is 14.1. The Balaban J connectivity index is 1.67. The van der Waals surface area contributed by atoms with Crippen molar-refractivity contribution in [3.63, 3.8) is 0 Å². The molecule has 2 aliphatic heterocycles. The van der Waals surface area contributed by atoms with Crippen molar-refractivity contribution >= 4 is 21.8 Å². The lowest BCUT2D eigenvalue weighted by Gasteiger charge is -2.37. The summed E-state index contributed by atoms with van der Waals surface area (Å²) < 4.78 is 40.7. The van der Waals surface area contributed by atoms with Crippen molar-refractivity contribution in [3.8, 4) is 11.5 Å². The van der Waals surface area contributed by atoms with Crippen LogP contribution in [0.15, 0.2) is 53.4 Å². The van der Waals surface area contributed by atoms with E-state index in [0.717, 1.165) is 37.9 Å². The van der Waals surface area contributed by atoms with Crippen LogP contribution in [-0.4, -0.2) is 97.6 Å². The van der Waals surface area contributed by atoms with Crippen molar-refractivity contribution in [2.45, 2.75) is 76.8 Å². The van der Waals surface area contributed by atoms with E-state index < -0.39 is 22.2 Å². The first kappa shape index (κ1) is 35.7. The quantitative estimate of drug-likeness (QED) is 0.279. The topological polar surface area (TPSA) is 129 Å². The fourth-order valence-corrected chi connectivity index (χ4v) is 7.42. The number of rotatable bonds is 15. The summed E-state index contributed by atoms with van der Waals surface area (Å²) in [5.74, 6) is 0.149. The maximum Gasteiger partial charge on any atom is 0.252 e. The van der Waals surface area contributed by atoms with Crippen molar-refractivity contribution in [2.24, 2.45) is 11.8 Å². The normalized spacial score (nSPS) is 17.1. The molecule has 11 nitrogen and oxygen atoms in total. The zero-order valence-electron chi connectivity index (χ0n) is 27.6. The highest BCUT2D eigenvalue weighted by Gasteiger charge is 2.37. The first-order valence-corrected chi connectivity index (χ1v) is 17.9. The van der Waals surface area contributed by atoms with Gasteiger partial charge >= 0.3 is 0 Å². The smallest absolute Gasteiger partial charge is 0.252 e. The number of hydrogen-bond donors (Lipinski definition) is 2. The molecule has 254 valence electrons. The Morgan fingerprint density at radius 3 is 2.30 bits per heavy atom. The van der Waals surface area contributed by atoms with Crippen molar-refractivity contribution in [2.75, 3.05) is 45.9 Å². The SMILES string of the molecule is CC[C@H](C)CC(=O)N(NC(=O)CN1CCCC1)C(Cc1ccccc1)[C@H](O)CN(CC(C)C)S(=O)(=O)c1ccc2c(c1)OCCO2. The molecule has 2 amide bonds. The molecular formula is C34H50N4O7S. The van der Waals surface area contributed by atoms with E-state index in [1.807, 2.05) is 62.9 Å². The zero-order valence-corrected chi connectivity index (χ0v) is 28.4. The van der Waals surface area contributed by atoms with Gasteiger partial charge in [0.2, 0.25) is 15.9 Å². The highest BCUT2D eigenvalue weighted by atomic mass is 32.2. The van der Waals surface area contributed by atoms with Crippen LogP contribution in [-0.2, 0) is 26.0 Å². The summed E-state index contributed by atoms with van der Waals surface area (Å²) in [6, 6.07) is 13.0. The standard InChI is InChI=1S/C34H50N4O7S/c1-5-26(4)19-34(41)38(35-33(40)24-36-15-9-10-16-36)29(20-27-11-7-6-8-12-27)30(39)23-37(22-25(2)3)46(42,43)28-13-14-31-32(21-28)45-18-17-44-31/h6-8,11-14,21,25-26,29-30,39H,5,9-10,15-20,22-24H2,1-4H3,(H,35,40)/t26-,29?,30+/m0/s1. The van der Waals surface area contributed by atoms with Crippen LogP contribution in [0.5, 0.6) is 11.5 Å². The van der Waals surface area contributed by atoms with Gasteiger partial charge in [-0.2, -0.15) is 4.31 Å². The van der Waals surface area contributed by atoms with Gasteiger partial charge in [0.05, 0.1) is 23.6 Å².